The van der Waals surface area contributed by atoms with Gasteiger partial charge in [0.25, 0.3) is 0 Å². The van der Waals surface area contributed by atoms with Gasteiger partial charge in [0.1, 0.15) is 0 Å². The Morgan fingerprint density at radius 2 is 1.00 bits per heavy atom. The number of hydrogen-bond donors (Lipinski definition) is 0. The summed E-state index contributed by atoms with van der Waals surface area (Å²) in [7, 11) is 0. The molecular formula is C18H34. The van der Waals surface area contributed by atoms with Crippen molar-refractivity contribution in [3.63, 3.8) is 0 Å². The van der Waals surface area contributed by atoms with Crippen LogP contribution in [0.15, 0.2) is 24.3 Å². The summed E-state index contributed by atoms with van der Waals surface area (Å²) in [5.74, 6) is 0. The van der Waals surface area contributed by atoms with Gasteiger partial charge in [-0.1, -0.05) is 95.9 Å². The van der Waals surface area contributed by atoms with Crippen LogP contribution in [-0.4, -0.2) is 0 Å². The molecule has 0 bridgehead atoms. The van der Waals surface area contributed by atoms with Gasteiger partial charge >= 0.3 is 0 Å². The number of hydrogen-bond acceptors (Lipinski definition) is 0. The van der Waals surface area contributed by atoms with Crippen LogP contribution in [-0.2, 0) is 0 Å². The maximum absolute atomic E-state index is 2.31. The summed E-state index contributed by atoms with van der Waals surface area (Å²) in [5.41, 5.74) is 0. The third-order valence-electron chi connectivity index (χ3n) is 3.31. The zero-order valence-corrected chi connectivity index (χ0v) is 12.8. The van der Waals surface area contributed by atoms with Crippen LogP contribution in [0.2, 0.25) is 0 Å². The van der Waals surface area contributed by atoms with Crippen molar-refractivity contribution in [2.75, 3.05) is 0 Å². The van der Waals surface area contributed by atoms with E-state index in [0.717, 1.165) is 0 Å². The van der Waals surface area contributed by atoms with Gasteiger partial charge in [0.05, 0.1) is 0 Å². The molecule has 106 valence electrons. The standard InChI is InChI=1S/C18H34/c1-3-5-7-9-11-13-15-17-18-16-14-12-10-8-6-4-2/h7,9,11,13H,3-6,8,10,12,14-18H2,1-2H3/b9-7?,13-11+. The second kappa shape index (κ2) is 16.5. The normalized spacial score (nSPS) is 11.9. The Kier molecular flexibility index (Phi) is 16.0. The number of allylic oxidation sites excluding steroid dienone is 4. The third-order valence-corrected chi connectivity index (χ3v) is 3.31. The first-order valence-corrected chi connectivity index (χ1v) is 8.23. The lowest BCUT2D eigenvalue weighted by Gasteiger charge is -2.00. The second-order valence-electron chi connectivity index (χ2n) is 5.26. The lowest BCUT2D eigenvalue weighted by Crippen LogP contribution is -1.80. The molecule has 0 heterocycles. The Morgan fingerprint density at radius 3 is 1.56 bits per heavy atom. The van der Waals surface area contributed by atoms with Crippen LogP contribution < -0.4 is 0 Å². The Hall–Kier alpha value is -0.520. The Labute approximate surface area is 116 Å². The molecule has 0 aromatic heterocycles. The van der Waals surface area contributed by atoms with Gasteiger partial charge in [0.2, 0.25) is 0 Å². The smallest absolute Gasteiger partial charge is 0.0348 e. The second-order valence-corrected chi connectivity index (χ2v) is 5.26. The van der Waals surface area contributed by atoms with E-state index in [1.165, 1.54) is 77.0 Å². The molecule has 0 spiro atoms. The summed E-state index contributed by atoms with van der Waals surface area (Å²) in [6, 6.07) is 0. The highest BCUT2D eigenvalue weighted by Crippen LogP contribution is 2.10. The summed E-state index contributed by atoms with van der Waals surface area (Å²) in [6.07, 6.45) is 25.5. The summed E-state index contributed by atoms with van der Waals surface area (Å²) >= 11 is 0. The van der Waals surface area contributed by atoms with Gasteiger partial charge in [0.15, 0.2) is 0 Å². The van der Waals surface area contributed by atoms with Crippen molar-refractivity contribution in [3.8, 4) is 0 Å². The fourth-order valence-electron chi connectivity index (χ4n) is 2.09. The van der Waals surface area contributed by atoms with Gasteiger partial charge in [-0.25, -0.2) is 0 Å². The van der Waals surface area contributed by atoms with Crippen molar-refractivity contribution in [1.82, 2.24) is 0 Å². The van der Waals surface area contributed by atoms with E-state index < -0.39 is 0 Å². The Morgan fingerprint density at radius 1 is 0.500 bits per heavy atom. The van der Waals surface area contributed by atoms with E-state index in [9.17, 15) is 0 Å². The minimum absolute atomic E-state index is 1.21. The fourth-order valence-corrected chi connectivity index (χ4v) is 2.09. The molecule has 0 saturated heterocycles. The maximum Gasteiger partial charge on any atom is -0.0348 e. The van der Waals surface area contributed by atoms with Gasteiger partial charge in [-0.05, 0) is 19.3 Å². The molecule has 0 rings (SSSR count). The molecule has 0 heteroatoms. The van der Waals surface area contributed by atoms with Crippen LogP contribution in [0.25, 0.3) is 0 Å². The topological polar surface area (TPSA) is 0 Å². The molecule has 0 saturated carbocycles. The Bertz CT molecular complexity index is 188. The van der Waals surface area contributed by atoms with Gasteiger partial charge in [0, 0.05) is 0 Å². The molecule has 0 aliphatic carbocycles. The molecular weight excluding hydrogens is 216 g/mol. The van der Waals surface area contributed by atoms with Gasteiger partial charge in [-0.3, -0.25) is 0 Å². The zero-order chi connectivity index (χ0) is 13.3. The molecule has 0 aliphatic heterocycles. The molecule has 0 fully saturated rings. The lowest BCUT2D eigenvalue weighted by molar-refractivity contribution is 0.566. The van der Waals surface area contributed by atoms with Crippen molar-refractivity contribution in [2.24, 2.45) is 0 Å². The predicted octanol–water partition coefficient (Wildman–Crippen LogP) is 6.82. The summed E-state index contributed by atoms with van der Waals surface area (Å²) in [5, 5.41) is 0. The highest BCUT2D eigenvalue weighted by molar-refractivity contribution is 5.02. The van der Waals surface area contributed by atoms with Crippen molar-refractivity contribution in [1.29, 1.82) is 0 Å². The van der Waals surface area contributed by atoms with Crippen molar-refractivity contribution < 1.29 is 0 Å². The lowest BCUT2D eigenvalue weighted by atomic mass is 10.1. The van der Waals surface area contributed by atoms with E-state index in [4.69, 9.17) is 0 Å². The molecule has 0 unspecified atom stereocenters. The third kappa shape index (κ3) is 15.5. The molecule has 0 aliphatic rings. The number of rotatable bonds is 13. The fraction of sp³-hybridized carbons (Fsp3) is 0.778. The average molecular weight is 250 g/mol. The van der Waals surface area contributed by atoms with E-state index in [1.807, 2.05) is 0 Å². The van der Waals surface area contributed by atoms with E-state index in [1.54, 1.807) is 0 Å². The largest absolute Gasteiger partial charge is 0.0846 e. The van der Waals surface area contributed by atoms with Crippen LogP contribution in [0.3, 0.4) is 0 Å². The first kappa shape index (κ1) is 17.5. The average Bonchev–Trinajstić information content (AvgIpc) is 2.39. The van der Waals surface area contributed by atoms with Crippen molar-refractivity contribution in [2.45, 2.75) is 90.9 Å². The molecule has 0 radical (unpaired) electrons. The predicted molar refractivity (Wildman–Crippen MR) is 85.0 cm³/mol. The zero-order valence-electron chi connectivity index (χ0n) is 12.8. The van der Waals surface area contributed by atoms with Gasteiger partial charge in [-0.15, -0.1) is 0 Å². The molecule has 0 aromatic rings. The first-order chi connectivity index (χ1) is 8.91. The van der Waals surface area contributed by atoms with Crippen molar-refractivity contribution in [3.05, 3.63) is 24.3 Å². The highest BCUT2D eigenvalue weighted by atomic mass is 14.0. The molecule has 0 N–H and O–H groups in total. The molecule has 0 atom stereocenters. The van der Waals surface area contributed by atoms with E-state index in [-0.39, 0.29) is 0 Å². The van der Waals surface area contributed by atoms with E-state index >= 15 is 0 Å². The summed E-state index contributed by atoms with van der Waals surface area (Å²) in [6.45, 7) is 4.50. The van der Waals surface area contributed by atoms with Gasteiger partial charge < -0.3 is 0 Å². The summed E-state index contributed by atoms with van der Waals surface area (Å²) in [4.78, 5) is 0. The molecule has 18 heavy (non-hydrogen) atoms. The Balaban J connectivity index is 3.07. The van der Waals surface area contributed by atoms with E-state index in [0.29, 0.717) is 0 Å². The van der Waals surface area contributed by atoms with E-state index in [2.05, 4.69) is 38.2 Å². The maximum atomic E-state index is 2.31. The van der Waals surface area contributed by atoms with Crippen LogP contribution in [0.4, 0.5) is 0 Å². The van der Waals surface area contributed by atoms with Crippen LogP contribution in [0.1, 0.15) is 90.9 Å². The molecule has 0 nitrogen and oxygen atoms in total. The van der Waals surface area contributed by atoms with Crippen molar-refractivity contribution >= 4 is 0 Å². The molecule has 0 amide bonds. The number of unbranched alkanes of at least 4 members (excludes halogenated alkanes) is 10. The van der Waals surface area contributed by atoms with Crippen LogP contribution in [0, 0.1) is 0 Å². The van der Waals surface area contributed by atoms with Crippen LogP contribution in [0.5, 0.6) is 0 Å². The SMILES string of the molecule is CCCC=C/C=C/CCCCCCCCCCC. The monoisotopic (exact) mass is 250 g/mol. The molecule has 0 aromatic carbocycles. The quantitative estimate of drug-likeness (QED) is 0.248. The minimum atomic E-state index is 1.21. The first-order valence-electron chi connectivity index (χ1n) is 8.23. The summed E-state index contributed by atoms with van der Waals surface area (Å²) < 4.78 is 0. The minimum Gasteiger partial charge on any atom is -0.0846 e. The van der Waals surface area contributed by atoms with Crippen LogP contribution >= 0.6 is 0 Å². The van der Waals surface area contributed by atoms with Gasteiger partial charge in [-0.2, -0.15) is 0 Å². The highest BCUT2D eigenvalue weighted by Gasteiger charge is 1.90.